The van der Waals surface area contributed by atoms with Gasteiger partial charge in [-0.1, -0.05) is 11.3 Å². The average molecular weight is 357 g/mol. The number of rotatable bonds is 4. The van der Waals surface area contributed by atoms with Crippen LogP contribution < -0.4 is 10.2 Å². The van der Waals surface area contributed by atoms with Crippen molar-refractivity contribution >= 4 is 44.3 Å². The monoisotopic (exact) mass is 357 g/mol. The van der Waals surface area contributed by atoms with Gasteiger partial charge in [0.15, 0.2) is 5.13 Å². The first kappa shape index (κ1) is 15.6. The summed E-state index contributed by atoms with van der Waals surface area (Å²) in [7, 11) is 0. The van der Waals surface area contributed by atoms with Crippen LogP contribution in [0.25, 0.3) is 10.2 Å². The molecule has 1 aliphatic rings. The largest absolute Gasteiger partial charge is 0.341 e. The SMILES string of the molecule is O=[N+]([O-])c1ccc2nc(Nc3ncnc(N4CCCCC4)n3)sc2c1. The zero-order valence-corrected chi connectivity index (χ0v) is 14.1. The molecule has 0 atom stereocenters. The van der Waals surface area contributed by atoms with Gasteiger partial charge in [0.05, 0.1) is 15.1 Å². The molecular weight excluding hydrogens is 342 g/mol. The second kappa shape index (κ2) is 6.55. The molecular formula is C15H15N7O2S. The van der Waals surface area contributed by atoms with E-state index in [9.17, 15) is 10.1 Å². The predicted molar refractivity (Wildman–Crippen MR) is 95.4 cm³/mol. The van der Waals surface area contributed by atoms with Crippen LogP contribution in [0.15, 0.2) is 24.5 Å². The first-order valence-electron chi connectivity index (χ1n) is 7.95. The van der Waals surface area contributed by atoms with Gasteiger partial charge in [-0.3, -0.25) is 15.4 Å². The number of aromatic nitrogens is 4. The highest BCUT2D eigenvalue weighted by Crippen LogP contribution is 2.30. The van der Waals surface area contributed by atoms with Gasteiger partial charge in [-0.05, 0) is 25.3 Å². The molecule has 3 aromatic rings. The summed E-state index contributed by atoms with van der Waals surface area (Å²) in [6, 6.07) is 4.61. The van der Waals surface area contributed by atoms with Crippen molar-refractivity contribution in [3.63, 3.8) is 0 Å². The fraction of sp³-hybridized carbons (Fsp3) is 0.333. The van der Waals surface area contributed by atoms with Gasteiger partial charge < -0.3 is 4.90 Å². The molecule has 0 bridgehead atoms. The number of benzene rings is 1. The number of anilines is 3. The van der Waals surface area contributed by atoms with E-state index in [1.807, 2.05) is 0 Å². The topological polar surface area (TPSA) is 110 Å². The van der Waals surface area contributed by atoms with E-state index < -0.39 is 4.92 Å². The average Bonchev–Trinajstić information content (AvgIpc) is 3.04. The smallest absolute Gasteiger partial charge is 0.270 e. The Balaban J connectivity index is 1.57. The maximum absolute atomic E-state index is 10.9. The van der Waals surface area contributed by atoms with Gasteiger partial charge in [0, 0.05) is 25.2 Å². The number of nitro benzene ring substituents is 1. The number of piperidine rings is 1. The van der Waals surface area contributed by atoms with E-state index in [1.165, 1.54) is 36.2 Å². The lowest BCUT2D eigenvalue weighted by molar-refractivity contribution is -0.384. The molecule has 0 saturated carbocycles. The maximum Gasteiger partial charge on any atom is 0.270 e. The van der Waals surface area contributed by atoms with Gasteiger partial charge in [-0.2, -0.15) is 4.98 Å². The molecule has 1 aliphatic heterocycles. The van der Waals surface area contributed by atoms with Crippen molar-refractivity contribution in [2.45, 2.75) is 19.3 Å². The Morgan fingerprint density at radius 2 is 2.00 bits per heavy atom. The highest BCUT2D eigenvalue weighted by Gasteiger charge is 2.15. The van der Waals surface area contributed by atoms with Gasteiger partial charge in [-0.25, -0.2) is 15.0 Å². The third kappa shape index (κ3) is 3.33. The Labute approximate surface area is 146 Å². The third-order valence-corrected chi connectivity index (χ3v) is 4.93. The number of hydrogen-bond acceptors (Lipinski definition) is 9. The Morgan fingerprint density at radius 1 is 1.16 bits per heavy atom. The second-order valence-electron chi connectivity index (χ2n) is 5.71. The number of nitrogens with one attached hydrogen (secondary N) is 1. The number of hydrogen-bond donors (Lipinski definition) is 1. The molecule has 0 spiro atoms. The van der Waals surface area contributed by atoms with Crippen LogP contribution in [0.3, 0.4) is 0 Å². The van der Waals surface area contributed by atoms with Gasteiger partial charge in [0.1, 0.15) is 6.33 Å². The molecule has 10 heteroatoms. The number of non-ortho nitro benzene ring substituents is 1. The van der Waals surface area contributed by atoms with Crippen molar-refractivity contribution in [1.29, 1.82) is 0 Å². The molecule has 1 fully saturated rings. The quantitative estimate of drug-likeness (QED) is 0.560. The summed E-state index contributed by atoms with van der Waals surface area (Å²) >= 11 is 1.32. The third-order valence-electron chi connectivity index (χ3n) is 4.00. The number of nitrogens with zero attached hydrogens (tertiary/aromatic N) is 6. The Kier molecular flexibility index (Phi) is 4.10. The summed E-state index contributed by atoms with van der Waals surface area (Å²) in [5.41, 5.74) is 0.749. The summed E-state index contributed by atoms with van der Waals surface area (Å²) in [5.74, 6) is 1.08. The minimum atomic E-state index is -0.414. The molecule has 1 N–H and O–H groups in total. The standard InChI is InChI=1S/C15H15N7O2S/c23-22(24)10-4-5-11-12(8-10)25-15(18-11)20-13-16-9-17-14(19-13)21-6-2-1-3-7-21/h4-5,8-9H,1-3,6-7H2,(H,16,17,18,19,20). The van der Waals surface area contributed by atoms with Gasteiger partial charge >= 0.3 is 0 Å². The van der Waals surface area contributed by atoms with Gasteiger partial charge in [0.25, 0.3) is 5.69 Å². The van der Waals surface area contributed by atoms with Crippen molar-refractivity contribution in [3.8, 4) is 0 Å². The van der Waals surface area contributed by atoms with E-state index >= 15 is 0 Å². The van der Waals surface area contributed by atoms with Crippen LogP contribution >= 0.6 is 11.3 Å². The minimum absolute atomic E-state index is 0.0512. The minimum Gasteiger partial charge on any atom is -0.341 e. The number of thiazole rings is 1. The summed E-state index contributed by atoms with van der Waals surface area (Å²) < 4.78 is 0.738. The molecule has 1 saturated heterocycles. The van der Waals surface area contributed by atoms with E-state index in [2.05, 4.69) is 30.2 Å². The van der Waals surface area contributed by atoms with Crippen LogP contribution in [-0.2, 0) is 0 Å². The molecule has 0 aliphatic carbocycles. The van der Waals surface area contributed by atoms with Crippen LogP contribution in [-0.4, -0.2) is 37.9 Å². The van der Waals surface area contributed by atoms with Crippen molar-refractivity contribution in [3.05, 3.63) is 34.6 Å². The van der Waals surface area contributed by atoms with Crippen LogP contribution in [0.2, 0.25) is 0 Å². The summed E-state index contributed by atoms with van der Waals surface area (Å²) in [6.45, 7) is 1.91. The molecule has 0 amide bonds. The molecule has 128 valence electrons. The fourth-order valence-corrected chi connectivity index (χ4v) is 3.66. The van der Waals surface area contributed by atoms with Crippen LogP contribution in [0, 0.1) is 10.1 Å². The van der Waals surface area contributed by atoms with E-state index in [1.54, 1.807) is 6.07 Å². The van der Waals surface area contributed by atoms with Gasteiger partial charge in [0.2, 0.25) is 11.9 Å². The first-order chi connectivity index (χ1) is 12.2. The van der Waals surface area contributed by atoms with Crippen molar-refractivity contribution < 1.29 is 4.92 Å². The molecule has 0 unspecified atom stereocenters. The lowest BCUT2D eigenvalue weighted by Gasteiger charge is -2.26. The molecule has 9 nitrogen and oxygen atoms in total. The number of nitro groups is 1. The highest BCUT2D eigenvalue weighted by atomic mass is 32.1. The molecule has 4 rings (SSSR count). The van der Waals surface area contributed by atoms with Crippen LogP contribution in [0.5, 0.6) is 0 Å². The zero-order chi connectivity index (χ0) is 17.2. The molecule has 1 aromatic carbocycles. The Morgan fingerprint density at radius 3 is 2.80 bits per heavy atom. The van der Waals surface area contributed by atoms with Gasteiger partial charge in [-0.15, -0.1) is 0 Å². The van der Waals surface area contributed by atoms with E-state index in [0.717, 1.165) is 30.6 Å². The van der Waals surface area contributed by atoms with E-state index in [4.69, 9.17) is 0 Å². The normalized spacial score (nSPS) is 14.6. The highest BCUT2D eigenvalue weighted by molar-refractivity contribution is 7.22. The van der Waals surface area contributed by atoms with Crippen molar-refractivity contribution in [2.75, 3.05) is 23.3 Å². The second-order valence-corrected chi connectivity index (χ2v) is 6.74. The first-order valence-corrected chi connectivity index (χ1v) is 8.77. The van der Waals surface area contributed by atoms with Crippen LogP contribution in [0.4, 0.5) is 22.7 Å². The lowest BCUT2D eigenvalue weighted by Crippen LogP contribution is -2.31. The Bertz CT molecular complexity index is 923. The predicted octanol–water partition coefficient (Wildman–Crippen LogP) is 3.12. The number of fused-ring (bicyclic) bond motifs is 1. The summed E-state index contributed by atoms with van der Waals surface area (Å²) in [5, 5.41) is 14.5. The summed E-state index contributed by atoms with van der Waals surface area (Å²) in [4.78, 5) is 29.9. The Hall–Kier alpha value is -2.88. The molecule has 0 radical (unpaired) electrons. The van der Waals surface area contributed by atoms with Crippen LogP contribution in [0.1, 0.15) is 19.3 Å². The lowest BCUT2D eigenvalue weighted by atomic mass is 10.1. The van der Waals surface area contributed by atoms with Crippen molar-refractivity contribution in [2.24, 2.45) is 0 Å². The maximum atomic E-state index is 10.9. The molecule has 25 heavy (non-hydrogen) atoms. The summed E-state index contributed by atoms with van der Waals surface area (Å²) in [6.07, 6.45) is 5.01. The zero-order valence-electron chi connectivity index (χ0n) is 13.3. The van der Waals surface area contributed by atoms with E-state index in [-0.39, 0.29) is 5.69 Å². The van der Waals surface area contributed by atoms with E-state index in [0.29, 0.717) is 22.5 Å². The molecule has 3 heterocycles. The molecule has 2 aromatic heterocycles. The fourth-order valence-electron chi connectivity index (χ4n) is 2.77. The van der Waals surface area contributed by atoms with Crippen molar-refractivity contribution in [1.82, 2.24) is 19.9 Å².